The van der Waals surface area contributed by atoms with Gasteiger partial charge in [0.2, 0.25) is 5.91 Å². The third-order valence-corrected chi connectivity index (χ3v) is 3.25. The van der Waals surface area contributed by atoms with E-state index >= 15 is 0 Å². The molecule has 128 valence electrons. The summed E-state index contributed by atoms with van der Waals surface area (Å²) in [5, 5.41) is 26.3. The molecule has 3 N–H and O–H groups in total. The van der Waals surface area contributed by atoms with E-state index in [1.165, 1.54) is 13.1 Å². The van der Waals surface area contributed by atoms with Crippen LogP contribution < -0.4 is 16.0 Å². The van der Waals surface area contributed by atoms with E-state index < -0.39 is 5.91 Å². The van der Waals surface area contributed by atoms with Crippen LogP contribution in [0.3, 0.4) is 0 Å². The Morgan fingerprint density at radius 2 is 1.62 bits per heavy atom. The number of nitrogens with one attached hydrogen (secondary N) is 3. The van der Waals surface area contributed by atoms with Crippen LogP contribution in [-0.4, -0.2) is 11.8 Å². The van der Waals surface area contributed by atoms with Gasteiger partial charge in [-0.3, -0.25) is 9.59 Å². The zero-order valence-corrected chi connectivity index (χ0v) is 13.9. The van der Waals surface area contributed by atoms with E-state index in [1.807, 2.05) is 12.1 Å². The topological polar surface area (TPSA) is 118 Å². The molecular formula is C19H15N5O2. The zero-order chi connectivity index (χ0) is 18.9. The summed E-state index contributed by atoms with van der Waals surface area (Å²) in [4.78, 5) is 23.2. The van der Waals surface area contributed by atoms with Crippen molar-refractivity contribution >= 4 is 28.9 Å². The van der Waals surface area contributed by atoms with Crippen molar-refractivity contribution in [2.75, 3.05) is 16.0 Å². The number of para-hydroxylation sites is 1. The van der Waals surface area contributed by atoms with Crippen LogP contribution in [0, 0.1) is 22.7 Å². The Balaban J connectivity index is 2.07. The van der Waals surface area contributed by atoms with Crippen molar-refractivity contribution in [3.05, 3.63) is 65.9 Å². The minimum absolute atomic E-state index is 0.149. The fourth-order valence-electron chi connectivity index (χ4n) is 2.04. The lowest BCUT2D eigenvalue weighted by molar-refractivity contribution is -0.114. The largest absolute Gasteiger partial charge is 0.360 e. The summed E-state index contributed by atoms with van der Waals surface area (Å²) >= 11 is 0. The average molecular weight is 345 g/mol. The number of anilines is 3. The first kappa shape index (κ1) is 18.2. The highest BCUT2D eigenvalue weighted by atomic mass is 16.2. The molecule has 0 saturated carbocycles. The van der Waals surface area contributed by atoms with E-state index in [1.54, 1.807) is 48.5 Å². The predicted octanol–water partition coefficient (Wildman–Crippen LogP) is 2.97. The first-order chi connectivity index (χ1) is 12.5. The molecule has 2 amide bonds. The lowest BCUT2D eigenvalue weighted by atomic mass is 10.2. The fraction of sp³-hybridized carbons (Fsp3) is 0.0526. The summed E-state index contributed by atoms with van der Waals surface area (Å²) in [6.45, 7) is 1.41. The van der Waals surface area contributed by atoms with Crippen LogP contribution in [0.15, 0.2) is 60.3 Å². The fourth-order valence-corrected chi connectivity index (χ4v) is 2.04. The van der Waals surface area contributed by atoms with Crippen LogP contribution in [0.25, 0.3) is 0 Å². The lowest BCUT2D eigenvalue weighted by Gasteiger charge is -2.07. The monoisotopic (exact) mass is 345 g/mol. The summed E-state index contributed by atoms with van der Waals surface area (Å²) in [7, 11) is 0. The summed E-state index contributed by atoms with van der Waals surface area (Å²) in [5.74, 6) is -0.802. The molecule has 0 aromatic heterocycles. The van der Waals surface area contributed by atoms with Crippen molar-refractivity contribution in [1.82, 2.24) is 0 Å². The Bertz CT molecular complexity index is 934. The molecule has 0 saturated heterocycles. The average Bonchev–Trinajstić information content (AvgIpc) is 2.63. The lowest BCUT2D eigenvalue weighted by Crippen LogP contribution is -2.15. The van der Waals surface area contributed by atoms with Crippen LogP contribution in [0.2, 0.25) is 0 Å². The quantitative estimate of drug-likeness (QED) is 0.569. The number of carbonyl (C=O) groups excluding carboxylic acids is 2. The highest BCUT2D eigenvalue weighted by Crippen LogP contribution is 2.16. The van der Waals surface area contributed by atoms with Gasteiger partial charge < -0.3 is 16.0 Å². The standard InChI is InChI=1S/C19H15N5O2/c1-13(25)23-17-8-6-16(7-9-17)22-12-15(11-21)19(26)24-18-5-3-2-4-14(18)10-20/h2-9,12,22H,1H3,(H,23,25)(H,24,26)/b15-12-. The molecule has 2 aromatic rings. The van der Waals surface area contributed by atoms with Crippen molar-refractivity contribution in [3.63, 3.8) is 0 Å². The van der Waals surface area contributed by atoms with Crippen molar-refractivity contribution < 1.29 is 9.59 Å². The molecule has 7 nitrogen and oxygen atoms in total. The number of amides is 2. The molecule has 0 atom stereocenters. The molecule has 0 bridgehead atoms. The third-order valence-electron chi connectivity index (χ3n) is 3.25. The maximum atomic E-state index is 12.2. The van der Waals surface area contributed by atoms with Crippen LogP contribution in [0.1, 0.15) is 12.5 Å². The van der Waals surface area contributed by atoms with Gasteiger partial charge in [0.15, 0.2) is 0 Å². The van der Waals surface area contributed by atoms with E-state index in [0.29, 0.717) is 22.6 Å². The van der Waals surface area contributed by atoms with Crippen molar-refractivity contribution in [2.45, 2.75) is 6.92 Å². The number of nitrogens with zero attached hydrogens (tertiary/aromatic N) is 2. The van der Waals surface area contributed by atoms with Gasteiger partial charge >= 0.3 is 0 Å². The molecule has 2 aromatic carbocycles. The van der Waals surface area contributed by atoms with Crippen molar-refractivity contribution in [3.8, 4) is 12.1 Å². The Hall–Kier alpha value is -4.10. The molecule has 0 spiro atoms. The van der Waals surface area contributed by atoms with Gasteiger partial charge in [0.25, 0.3) is 5.91 Å². The molecule has 0 aliphatic heterocycles. The normalized spacial score (nSPS) is 10.2. The number of nitriles is 2. The molecule has 0 aliphatic carbocycles. The Kier molecular flexibility index (Phi) is 6.08. The number of hydrogen-bond donors (Lipinski definition) is 3. The van der Waals surface area contributed by atoms with Gasteiger partial charge in [-0.2, -0.15) is 10.5 Å². The van der Waals surface area contributed by atoms with E-state index in [9.17, 15) is 14.9 Å². The predicted molar refractivity (Wildman–Crippen MR) is 97.9 cm³/mol. The molecular weight excluding hydrogens is 330 g/mol. The van der Waals surface area contributed by atoms with Gasteiger partial charge in [0.1, 0.15) is 17.7 Å². The second kappa shape index (κ2) is 8.67. The van der Waals surface area contributed by atoms with Gasteiger partial charge in [0, 0.05) is 24.5 Å². The van der Waals surface area contributed by atoms with E-state index in [-0.39, 0.29) is 11.5 Å². The first-order valence-electron chi connectivity index (χ1n) is 7.58. The molecule has 2 rings (SSSR count). The summed E-state index contributed by atoms with van der Waals surface area (Å²) in [6, 6.07) is 17.1. The number of benzene rings is 2. The number of rotatable bonds is 5. The van der Waals surface area contributed by atoms with Crippen molar-refractivity contribution in [2.24, 2.45) is 0 Å². The number of hydrogen-bond acceptors (Lipinski definition) is 5. The zero-order valence-electron chi connectivity index (χ0n) is 13.9. The smallest absolute Gasteiger partial charge is 0.267 e. The maximum absolute atomic E-state index is 12.2. The van der Waals surface area contributed by atoms with Crippen LogP contribution in [-0.2, 0) is 9.59 Å². The second-order valence-electron chi connectivity index (χ2n) is 5.18. The maximum Gasteiger partial charge on any atom is 0.267 e. The Morgan fingerprint density at radius 3 is 2.23 bits per heavy atom. The minimum atomic E-state index is -0.627. The minimum Gasteiger partial charge on any atom is -0.360 e. The van der Waals surface area contributed by atoms with Crippen LogP contribution in [0.4, 0.5) is 17.1 Å². The van der Waals surface area contributed by atoms with Gasteiger partial charge in [-0.05, 0) is 36.4 Å². The number of carbonyl (C=O) groups is 2. The van der Waals surface area contributed by atoms with Crippen LogP contribution in [0.5, 0.6) is 0 Å². The highest BCUT2D eigenvalue weighted by Gasteiger charge is 2.11. The summed E-state index contributed by atoms with van der Waals surface area (Å²) in [6.07, 6.45) is 1.28. The van der Waals surface area contributed by atoms with Gasteiger partial charge in [-0.1, -0.05) is 12.1 Å². The third kappa shape index (κ3) is 4.95. The molecule has 0 unspecified atom stereocenters. The molecule has 0 radical (unpaired) electrons. The summed E-state index contributed by atoms with van der Waals surface area (Å²) in [5.41, 5.74) is 1.76. The van der Waals surface area contributed by atoms with Gasteiger partial charge in [-0.25, -0.2) is 0 Å². The van der Waals surface area contributed by atoms with E-state index in [4.69, 9.17) is 5.26 Å². The SMILES string of the molecule is CC(=O)Nc1ccc(N/C=C(/C#N)C(=O)Nc2ccccc2C#N)cc1. The highest BCUT2D eigenvalue weighted by molar-refractivity contribution is 6.07. The molecule has 0 aliphatic rings. The second-order valence-corrected chi connectivity index (χ2v) is 5.18. The molecule has 0 heterocycles. The Labute approximate surface area is 150 Å². The van der Waals surface area contributed by atoms with Crippen molar-refractivity contribution in [1.29, 1.82) is 10.5 Å². The van der Waals surface area contributed by atoms with E-state index in [0.717, 1.165) is 0 Å². The molecule has 0 fully saturated rings. The van der Waals surface area contributed by atoms with Gasteiger partial charge in [0.05, 0.1) is 11.3 Å². The molecule has 7 heteroatoms. The molecule has 26 heavy (non-hydrogen) atoms. The van der Waals surface area contributed by atoms with Crippen LogP contribution >= 0.6 is 0 Å². The van der Waals surface area contributed by atoms with E-state index in [2.05, 4.69) is 16.0 Å². The Morgan fingerprint density at radius 1 is 0.962 bits per heavy atom. The first-order valence-corrected chi connectivity index (χ1v) is 7.58. The van der Waals surface area contributed by atoms with Gasteiger partial charge in [-0.15, -0.1) is 0 Å². The summed E-state index contributed by atoms with van der Waals surface area (Å²) < 4.78 is 0.